The van der Waals surface area contributed by atoms with Gasteiger partial charge in [0, 0.05) is 11.6 Å². The highest BCUT2D eigenvalue weighted by Gasteiger charge is 2.25. The molecule has 1 fully saturated rings. The van der Waals surface area contributed by atoms with Crippen molar-refractivity contribution in [1.29, 1.82) is 0 Å². The zero-order valence-electron chi connectivity index (χ0n) is 10.1. The summed E-state index contributed by atoms with van der Waals surface area (Å²) in [6.07, 6.45) is 3.83. The second kappa shape index (κ2) is 4.99. The van der Waals surface area contributed by atoms with Gasteiger partial charge >= 0.3 is 0 Å². The highest BCUT2D eigenvalue weighted by molar-refractivity contribution is 7.91. The van der Waals surface area contributed by atoms with Crippen LogP contribution in [0.4, 0.5) is 0 Å². The maximum absolute atomic E-state index is 12.0. The first-order valence-corrected chi connectivity index (χ1v) is 8.35. The van der Waals surface area contributed by atoms with Crippen LogP contribution in [0.3, 0.4) is 0 Å². The van der Waals surface area contributed by atoms with Crippen LogP contribution in [-0.4, -0.2) is 18.4 Å². The van der Waals surface area contributed by atoms with Crippen molar-refractivity contribution in [2.45, 2.75) is 29.5 Å². The van der Waals surface area contributed by atoms with Crippen LogP contribution in [0.5, 0.6) is 0 Å². The van der Waals surface area contributed by atoms with Crippen molar-refractivity contribution in [2.75, 3.05) is 0 Å². The molecule has 2 heterocycles. The molecule has 0 aliphatic heterocycles. The first-order chi connectivity index (χ1) is 9.15. The van der Waals surface area contributed by atoms with E-state index in [4.69, 9.17) is 0 Å². The van der Waals surface area contributed by atoms with Crippen LogP contribution in [0.25, 0.3) is 0 Å². The third-order valence-corrected chi connectivity index (χ3v) is 5.74. The van der Waals surface area contributed by atoms with Crippen molar-refractivity contribution >= 4 is 21.4 Å². The van der Waals surface area contributed by atoms with E-state index in [9.17, 15) is 8.42 Å². The molecule has 0 radical (unpaired) electrons. The maximum Gasteiger partial charge on any atom is 0.250 e. The maximum atomic E-state index is 12.0. The topological polar surface area (TPSA) is 72.0 Å². The molecule has 0 saturated heterocycles. The Morgan fingerprint density at radius 3 is 2.89 bits per heavy atom. The zero-order chi connectivity index (χ0) is 13.3. The molecule has 1 aliphatic carbocycles. The van der Waals surface area contributed by atoms with Gasteiger partial charge < -0.3 is 0 Å². The van der Waals surface area contributed by atoms with Crippen molar-refractivity contribution in [3.05, 3.63) is 41.3 Å². The average Bonchev–Trinajstić information content (AvgIpc) is 3.11. The zero-order valence-corrected chi connectivity index (χ0v) is 11.7. The van der Waals surface area contributed by atoms with Gasteiger partial charge in [0.1, 0.15) is 10.5 Å². The van der Waals surface area contributed by atoms with Crippen molar-refractivity contribution in [3.8, 4) is 0 Å². The predicted molar refractivity (Wildman–Crippen MR) is 72.4 cm³/mol. The Kier molecular flexibility index (Phi) is 3.34. The fourth-order valence-corrected chi connectivity index (χ4v) is 3.81. The highest BCUT2D eigenvalue weighted by atomic mass is 32.2. The van der Waals surface area contributed by atoms with Gasteiger partial charge in [-0.05, 0) is 30.4 Å². The number of hydrogen-bond donors (Lipinski definition) is 1. The minimum absolute atomic E-state index is 0.197. The average molecular weight is 295 g/mol. The molecule has 1 saturated carbocycles. The van der Waals surface area contributed by atoms with E-state index in [1.54, 1.807) is 17.5 Å². The number of rotatable bonds is 5. The molecule has 7 heteroatoms. The smallest absolute Gasteiger partial charge is 0.241 e. The second-order valence-electron chi connectivity index (χ2n) is 4.47. The van der Waals surface area contributed by atoms with Crippen LogP contribution in [0.1, 0.15) is 30.1 Å². The standard InChI is InChI=1S/C12H13N3O2S2/c16-19(17,12-2-1-5-18-12)15-7-10-6-11(9-3-4-9)14-8-13-10/h1-2,5-6,8-9,15H,3-4,7H2. The fourth-order valence-electron chi connectivity index (χ4n) is 1.77. The summed E-state index contributed by atoms with van der Waals surface area (Å²) in [5.41, 5.74) is 1.72. The van der Waals surface area contributed by atoms with Gasteiger partial charge in [0.05, 0.1) is 12.2 Å². The number of thiophene rings is 1. The van der Waals surface area contributed by atoms with Gasteiger partial charge in [0.25, 0.3) is 0 Å². The van der Waals surface area contributed by atoms with E-state index in [2.05, 4.69) is 14.7 Å². The van der Waals surface area contributed by atoms with Gasteiger partial charge in [-0.3, -0.25) is 0 Å². The Labute approximate surface area is 115 Å². The first kappa shape index (κ1) is 12.7. The molecule has 0 amide bonds. The summed E-state index contributed by atoms with van der Waals surface area (Å²) in [6.45, 7) is 0.197. The quantitative estimate of drug-likeness (QED) is 0.914. The molecule has 0 aromatic carbocycles. The van der Waals surface area contributed by atoms with Crippen molar-refractivity contribution in [1.82, 2.24) is 14.7 Å². The van der Waals surface area contributed by atoms with Crippen molar-refractivity contribution in [3.63, 3.8) is 0 Å². The first-order valence-electron chi connectivity index (χ1n) is 5.99. The lowest BCUT2D eigenvalue weighted by atomic mass is 10.2. The molecular weight excluding hydrogens is 282 g/mol. The van der Waals surface area contributed by atoms with Crippen molar-refractivity contribution < 1.29 is 8.42 Å². The van der Waals surface area contributed by atoms with Gasteiger partial charge in [0.15, 0.2) is 0 Å². The molecule has 2 aromatic rings. The van der Waals surface area contributed by atoms with E-state index in [0.717, 1.165) is 18.5 Å². The molecule has 100 valence electrons. The predicted octanol–water partition coefficient (Wildman–Crippen LogP) is 1.89. The molecule has 1 N–H and O–H groups in total. The molecule has 0 spiro atoms. The minimum Gasteiger partial charge on any atom is -0.241 e. The van der Waals surface area contributed by atoms with E-state index in [0.29, 0.717) is 15.8 Å². The molecule has 2 aromatic heterocycles. The summed E-state index contributed by atoms with van der Waals surface area (Å²) in [4.78, 5) is 8.31. The van der Waals surface area contributed by atoms with Crippen LogP contribution in [0, 0.1) is 0 Å². The van der Waals surface area contributed by atoms with Gasteiger partial charge in [-0.25, -0.2) is 23.1 Å². The molecular formula is C12H13N3O2S2. The number of nitrogens with one attached hydrogen (secondary N) is 1. The number of sulfonamides is 1. The molecule has 3 rings (SSSR count). The molecule has 0 unspecified atom stereocenters. The largest absolute Gasteiger partial charge is 0.250 e. The summed E-state index contributed by atoms with van der Waals surface area (Å²) in [7, 11) is -3.42. The molecule has 19 heavy (non-hydrogen) atoms. The molecule has 5 nitrogen and oxygen atoms in total. The summed E-state index contributed by atoms with van der Waals surface area (Å²) >= 11 is 1.20. The fraction of sp³-hybridized carbons (Fsp3) is 0.333. The summed E-state index contributed by atoms with van der Waals surface area (Å²) in [6, 6.07) is 5.19. The summed E-state index contributed by atoms with van der Waals surface area (Å²) in [5.74, 6) is 0.538. The Morgan fingerprint density at radius 2 is 2.21 bits per heavy atom. The van der Waals surface area contributed by atoms with Gasteiger partial charge in [-0.2, -0.15) is 0 Å². The number of hydrogen-bond acceptors (Lipinski definition) is 5. The Bertz CT molecular complexity index is 664. The van der Waals surface area contributed by atoms with Crippen LogP contribution in [0.15, 0.2) is 34.1 Å². The lowest BCUT2D eigenvalue weighted by Gasteiger charge is -2.05. The Balaban J connectivity index is 1.70. The van der Waals surface area contributed by atoms with Gasteiger partial charge in [0.2, 0.25) is 10.0 Å². The van der Waals surface area contributed by atoms with E-state index in [-0.39, 0.29) is 6.54 Å². The van der Waals surface area contributed by atoms with E-state index in [1.165, 1.54) is 17.7 Å². The minimum atomic E-state index is -3.42. The lowest BCUT2D eigenvalue weighted by molar-refractivity contribution is 0.582. The Hall–Kier alpha value is -1.31. The van der Waals surface area contributed by atoms with E-state index in [1.807, 2.05) is 6.07 Å². The second-order valence-corrected chi connectivity index (χ2v) is 7.41. The van der Waals surface area contributed by atoms with Gasteiger partial charge in [-0.1, -0.05) is 6.07 Å². The highest BCUT2D eigenvalue weighted by Crippen LogP contribution is 2.38. The van der Waals surface area contributed by atoms with Crippen molar-refractivity contribution in [2.24, 2.45) is 0 Å². The summed E-state index contributed by atoms with van der Waals surface area (Å²) in [5, 5.41) is 1.74. The molecule has 1 aliphatic rings. The monoisotopic (exact) mass is 295 g/mol. The molecule has 0 bridgehead atoms. The van der Waals surface area contributed by atoms with Crippen LogP contribution in [0.2, 0.25) is 0 Å². The van der Waals surface area contributed by atoms with Crippen LogP contribution >= 0.6 is 11.3 Å². The Morgan fingerprint density at radius 1 is 1.37 bits per heavy atom. The number of nitrogens with zero attached hydrogens (tertiary/aromatic N) is 2. The van der Waals surface area contributed by atoms with Gasteiger partial charge in [-0.15, -0.1) is 11.3 Å². The summed E-state index contributed by atoms with van der Waals surface area (Å²) < 4.78 is 26.8. The van der Waals surface area contributed by atoms with Crippen LogP contribution in [-0.2, 0) is 16.6 Å². The normalized spacial score (nSPS) is 15.6. The van der Waals surface area contributed by atoms with E-state index >= 15 is 0 Å². The van der Waals surface area contributed by atoms with E-state index < -0.39 is 10.0 Å². The third-order valence-electron chi connectivity index (χ3n) is 2.94. The third kappa shape index (κ3) is 2.99. The lowest BCUT2D eigenvalue weighted by Crippen LogP contribution is -2.23. The number of aromatic nitrogens is 2. The van der Waals surface area contributed by atoms with Crippen LogP contribution < -0.4 is 4.72 Å². The molecule has 0 atom stereocenters. The SMILES string of the molecule is O=S(=O)(NCc1cc(C2CC2)ncn1)c1cccs1.